The van der Waals surface area contributed by atoms with Crippen LogP contribution in [0.25, 0.3) is 0 Å². The minimum atomic E-state index is -0.513. The van der Waals surface area contributed by atoms with E-state index in [4.69, 9.17) is 0 Å². The van der Waals surface area contributed by atoms with Crippen LogP contribution in [0.1, 0.15) is 45.4 Å². The van der Waals surface area contributed by atoms with E-state index in [2.05, 4.69) is 6.92 Å². The highest BCUT2D eigenvalue weighted by molar-refractivity contribution is 7.99. The average Bonchev–Trinajstić information content (AvgIpc) is 2.84. The molecule has 3 atom stereocenters. The summed E-state index contributed by atoms with van der Waals surface area (Å²) < 4.78 is 0. The molecule has 2 fully saturated rings. The van der Waals surface area contributed by atoms with Crippen molar-refractivity contribution >= 4 is 17.7 Å². The van der Waals surface area contributed by atoms with E-state index in [1.54, 1.807) is 0 Å². The maximum atomic E-state index is 11.6. The third-order valence-electron chi connectivity index (χ3n) is 4.52. The number of thioether (sulfide) groups is 1. The molecule has 0 spiro atoms. The van der Waals surface area contributed by atoms with Crippen LogP contribution in [0.5, 0.6) is 0 Å². The number of carboxylic acid groups (broad SMARTS) is 1. The Morgan fingerprint density at radius 1 is 1.50 bits per heavy atom. The Balaban J connectivity index is 1.93. The molecular weight excluding hydrogens is 220 g/mol. The molecule has 2 aliphatic carbocycles. The highest BCUT2D eigenvalue weighted by atomic mass is 32.2. The van der Waals surface area contributed by atoms with Gasteiger partial charge in [-0.25, -0.2) is 0 Å². The zero-order chi connectivity index (χ0) is 11.6. The number of hydrogen-bond donors (Lipinski definition) is 1. The van der Waals surface area contributed by atoms with Crippen LogP contribution in [0, 0.1) is 17.3 Å². The molecule has 0 aromatic carbocycles. The quantitative estimate of drug-likeness (QED) is 0.725. The summed E-state index contributed by atoms with van der Waals surface area (Å²) in [5.41, 5.74) is -0.336. The van der Waals surface area contributed by atoms with Gasteiger partial charge in [-0.15, -0.1) is 0 Å². The zero-order valence-electron chi connectivity index (χ0n) is 10.1. The molecule has 2 nitrogen and oxygen atoms in total. The molecule has 0 aromatic heterocycles. The van der Waals surface area contributed by atoms with Gasteiger partial charge in [0.2, 0.25) is 0 Å². The molecule has 1 N–H and O–H groups in total. The van der Waals surface area contributed by atoms with Crippen LogP contribution in [-0.4, -0.2) is 22.6 Å². The van der Waals surface area contributed by atoms with Gasteiger partial charge in [0.1, 0.15) is 0 Å². The summed E-state index contributed by atoms with van der Waals surface area (Å²) in [6.07, 6.45) is 6.59. The van der Waals surface area contributed by atoms with Crippen molar-refractivity contribution in [1.29, 1.82) is 0 Å². The number of hydrogen-bond acceptors (Lipinski definition) is 2. The first-order valence-corrected chi connectivity index (χ1v) is 7.65. The summed E-state index contributed by atoms with van der Waals surface area (Å²) in [5.74, 6) is 2.97. The molecule has 2 aliphatic rings. The van der Waals surface area contributed by atoms with Gasteiger partial charge >= 0.3 is 5.97 Å². The Bertz CT molecular complexity index is 267. The van der Waals surface area contributed by atoms with Crippen molar-refractivity contribution in [2.24, 2.45) is 17.3 Å². The Morgan fingerprint density at radius 3 is 2.81 bits per heavy atom. The van der Waals surface area contributed by atoms with Gasteiger partial charge in [0.25, 0.3) is 0 Å². The average molecular weight is 242 g/mol. The largest absolute Gasteiger partial charge is 0.481 e. The lowest BCUT2D eigenvalue weighted by molar-refractivity contribution is -0.153. The van der Waals surface area contributed by atoms with E-state index < -0.39 is 5.97 Å². The third-order valence-corrected chi connectivity index (χ3v) is 5.50. The molecule has 0 amide bonds. The second-order valence-electron chi connectivity index (χ2n) is 5.34. The number of rotatable bonds is 6. The van der Waals surface area contributed by atoms with Crippen LogP contribution in [-0.2, 0) is 4.79 Å². The van der Waals surface area contributed by atoms with Gasteiger partial charge in [-0.3, -0.25) is 4.79 Å². The first kappa shape index (κ1) is 12.3. The maximum absolute atomic E-state index is 11.6. The van der Waals surface area contributed by atoms with E-state index in [9.17, 15) is 9.90 Å². The lowest BCUT2D eigenvalue weighted by Crippen LogP contribution is -2.36. The fourth-order valence-corrected chi connectivity index (χ4v) is 4.39. The Morgan fingerprint density at radius 2 is 2.31 bits per heavy atom. The number of aliphatic carboxylic acids is 1. The summed E-state index contributed by atoms with van der Waals surface area (Å²) in [6.45, 7) is 2.16. The predicted octanol–water partition coefficient (Wildman–Crippen LogP) is 3.41. The van der Waals surface area contributed by atoms with Crippen LogP contribution in [0.4, 0.5) is 0 Å². The SMILES string of the molecule is CCSCCCC1(C(=O)O)CC2CCC1C2. The highest BCUT2D eigenvalue weighted by Gasteiger charge is 2.55. The predicted molar refractivity (Wildman–Crippen MR) is 67.7 cm³/mol. The van der Waals surface area contributed by atoms with Gasteiger partial charge in [-0.1, -0.05) is 13.3 Å². The summed E-state index contributed by atoms with van der Waals surface area (Å²) in [7, 11) is 0. The van der Waals surface area contributed by atoms with Crippen molar-refractivity contribution in [2.45, 2.75) is 45.4 Å². The van der Waals surface area contributed by atoms with E-state index in [0.717, 1.165) is 43.1 Å². The van der Waals surface area contributed by atoms with Gasteiger partial charge < -0.3 is 5.11 Å². The first-order valence-electron chi connectivity index (χ1n) is 6.50. The van der Waals surface area contributed by atoms with Gasteiger partial charge in [0.15, 0.2) is 0 Å². The number of carbonyl (C=O) groups is 1. The zero-order valence-corrected chi connectivity index (χ0v) is 10.9. The molecule has 0 saturated heterocycles. The normalized spacial score (nSPS) is 36.8. The first-order chi connectivity index (χ1) is 7.69. The smallest absolute Gasteiger partial charge is 0.309 e. The summed E-state index contributed by atoms with van der Waals surface area (Å²) in [4.78, 5) is 11.6. The number of fused-ring (bicyclic) bond motifs is 2. The topological polar surface area (TPSA) is 37.3 Å². The van der Waals surface area contributed by atoms with Crippen LogP contribution >= 0.6 is 11.8 Å². The van der Waals surface area contributed by atoms with Crippen molar-refractivity contribution in [3.8, 4) is 0 Å². The van der Waals surface area contributed by atoms with Crippen molar-refractivity contribution in [3.63, 3.8) is 0 Å². The van der Waals surface area contributed by atoms with Crippen molar-refractivity contribution < 1.29 is 9.90 Å². The van der Waals surface area contributed by atoms with E-state index >= 15 is 0 Å². The number of carboxylic acids is 1. The molecule has 2 rings (SSSR count). The molecule has 2 bridgehead atoms. The molecule has 92 valence electrons. The molecule has 3 unspecified atom stereocenters. The van der Waals surface area contributed by atoms with Crippen LogP contribution in [0.3, 0.4) is 0 Å². The van der Waals surface area contributed by atoms with Crippen molar-refractivity contribution in [1.82, 2.24) is 0 Å². The van der Waals surface area contributed by atoms with Crippen molar-refractivity contribution in [2.75, 3.05) is 11.5 Å². The van der Waals surface area contributed by atoms with Crippen LogP contribution < -0.4 is 0 Å². The van der Waals surface area contributed by atoms with E-state index in [-0.39, 0.29) is 5.41 Å². The van der Waals surface area contributed by atoms with Gasteiger partial charge in [0.05, 0.1) is 5.41 Å². The Hall–Kier alpha value is -0.180. The standard InChI is InChI=1S/C13H22O2S/c1-2-16-7-3-6-13(12(14)15)9-10-4-5-11(13)8-10/h10-11H,2-9H2,1H3,(H,14,15). The van der Waals surface area contributed by atoms with E-state index in [0.29, 0.717) is 5.92 Å². The lowest BCUT2D eigenvalue weighted by atomic mass is 9.70. The minimum absolute atomic E-state index is 0.336. The molecule has 2 saturated carbocycles. The summed E-state index contributed by atoms with van der Waals surface area (Å²) in [6, 6.07) is 0. The highest BCUT2D eigenvalue weighted by Crippen LogP contribution is 2.58. The molecular formula is C13H22O2S. The van der Waals surface area contributed by atoms with Gasteiger partial charge in [-0.2, -0.15) is 11.8 Å². The lowest BCUT2D eigenvalue weighted by Gasteiger charge is -2.33. The molecule has 0 heterocycles. The van der Waals surface area contributed by atoms with Gasteiger partial charge in [0, 0.05) is 0 Å². The maximum Gasteiger partial charge on any atom is 0.309 e. The molecule has 0 aliphatic heterocycles. The molecule has 3 heteroatoms. The van der Waals surface area contributed by atoms with Crippen LogP contribution in [0.2, 0.25) is 0 Å². The second kappa shape index (κ2) is 4.99. The summed E-state index contributed by atoms with van der Waals surface area (Å²) in [5, 5.41) is 9.54. The third kappa shape index (κ3) is 2.11. The Kier molecular flexibility index (Phi) is 3.83. The second-order valence-corrected chi connectivity index (χ2v) is 6.74. The summed E-state index contributed by atoms with van der Waals surface area (Å²) >= 11 is 1.93. The molecule has 0 aromatic rings. The molecule has 0 radical (unpaired) electrons. The molecule has 16 heavy (non-hydrogen) atoms. The fourth-order valence-electron chi connectivity index (χ4n) is 3.75. The van der Waals surface area contributed by atoms with Gasteiger partial charge in [-0.05, 0) is 55.4 Å². The van der Waals surface area contributed by atoms with Crippen molar-refractivity contribution in [3.05, 3.63) is 0 Å². The fraction of sp³-hybridized carbons (Fsp3) is 0.923. The van der Waals surface area contributed by atoms with E-state index in [1.807, 2.05) is 11.8 Å². The monoisotopic (exact) mass is 242 g/mol. The minimum Gasteiger partial charge on any atom is -0.481 e. The van der Waals surface area contributed by atoms with Crippen LogP contribution in [0.15, 0.2) is 0 Å². The van der Waals surface area contributed by atoms with E-state index in [1.165, 1.54) is 12.8 Å². The Labute approximate surface area is 102 Å².